The normalized spacial score (nSPS) is 22.4. The highest BCUT2D eigenvalue weighted by Gasteiger charge is 2.32. The standard InChI is InChI=1S/C14H18N2O2S/c1-3-18-11-6-9(7-11)16-13-5-4-10(17-2)8-12(13)15-14(16)19/h4-5,8-9,11H,3,6-7H2,1-2H3,(H,15,19). The van der Waals surface area contributed by atoms with E-state index in [0.717, 1.165) is 41.0 Å². The zero-order chi connectivity index (χ0) is 13.4. The second-order valence-corrected chi connectivity index (χ2v) is 5.27. The second kappa shape index (κ2) is 4.98. The van der Waals surface area contributed by atoms with Crippen molar-refractivity contribution in [3.05, 3.63) is 23.0 Å². The molecular weight excluding hydrogens is 260 g/mol. The lowest BCUT2D eigenvalue weighted by Gasteiger charge is -2.36. The van der Waals surface area contributed by atoms with Crippen molar-refractivity contribution in [1.29, 1.82) is 0 Å². The van der Waals surface area contributed by atoms with Crippen LogP contribution in [0.4, 0.5) is 0 Å². The largest absolute Gasteiger partial charge is 0.497 e. The highest BCUT2D eigenvalue weighted by atomic mass is 32.1. The molecule has 0 unspecified atom stereocenters. The number of hydrogen-bond donors (Lipinski definition) is 1. The fourth-order valence-electron chi connectivity index (χ4n) is 2.72. The van der Waals surface area contributed by atoms with Crippen LogP contribution in [0, 0.1) is 4.77 Å². The molecule has 1 fully saturated rings. The Kier molecular flexibility index (Phi) is 3.33. The van der Waals surface area contributed by atoms with E-state index in [9.17, 15) is 0 Å². The van der Waals surface area contributed by atoms with Crippen LogP contribution in [-0.4, -0.2) is 29.4 Å². The van der Waals surface area contributed by atoms with Gasteiger partial charge in [-0.3, -0.25) is 0 Å². The van der Waals surface area contributed by atoms with Crippen molar-refractivity contribution in [2.45, 2.75) is 31.9 Å². The maximum atomic E-state index is 5.62. The SMILES string of the molecule is CCOC1CC(n2c(=S)[nH]c3cc(OC)ccc32)C1. The number of nitrogens with one attached hydrogen (secondary N) is 1. The predicted molar refractivity (Wildman–Crippen MR) is 77.4 cm³/mol. The van der Waals surface area contributed by atoms with Gasteiger partial charge in [-0.1, -0.05) is 0 Å². The highest BCUT2D eigenvalue weighted by molar-refractivity contribution is 7.71. The van der Waals surface area contributed by atoms with Gasteiger partial charge >= 0.3 is 0 Å². The second-order valence-electron chi connectivity index (χ2n) is 4.89. The number of imidazole rings is 1. The minimum atomic E-state index is 0.389. The lowest BCUT2D eigenvalue weighted by molar-refractivity contribution is -0.0190. The van der Waals surface area contributed by atoms with Crippen LogP contribution in [0.3, 0.4) is 0 Å². The molecule has 5 heteroatoms. The van der Waals surface area contributed by atoms with E-state index in [2.05, 4.69) is 15.6 Å². The third kappa shape index (κ3) is 2.17. The zero-order valence-corrected chi connectivity index (χ0v) is 12.0. The first-order valence-corrected chi connectivity index (χ1v) is 7.03. The number of ether oxygens (including phenoxy) is 2. The van der Waals surface area contributed by atoms with Gasteiger partial charge in [-0.2, -0.15) is 0 Å². The molecule has 0 radical (unpaired) electrons. The van der Waals surface area contributed by atoms with Crippen LogP contribution >= 0.6 is 12.2 Å². The Bertz CT molecular complexity index is 640. The van der Waals surface area contributed by atoms with Crippen LogP contribution in [0.1, 0.15) is 25.8 Å². The minimum absolute atomic E-state index is 0.389. The molecule has 3 rings (SSSR count). The van der Waals surface area contributed by atoms with Crippen LogP contribution in [0.2, 0.25) is 0 Å². The molecule has 0 saturated heterocycles. The van der Waals surface area contributed by atoms with E-state index in [1.165, 1.54) is 0 Å². The summed E-state index contributed by atoms with van der Waals surface area (Å²) >= 11 is 5.44. The molecule has 1 N–H and O–H groups in total. The smallest absolute Gasteiger partial charge is 0.178 e. The Balaban J connectivity index is 1.92. The van der Waals surface area contributed by atoms with E-state index in [-0.39, 0.29) is 0 Å². The molecule has 2 aromatic rings. The van der Waals surface area contributed by atoms with Crippen LogP contribution in [0.5, 0.6) is 5.75 Å². The highest BCUT2D eigenvalue weighted by Crippen LogP contribution is 2.37. The average molecular weight is 278 g/mol. The average Bonchev–Trinajstić information content (AvgIpc) is 2.68. The van der Waals surface area contributed by atoms with Gasteiger partial charge in [0.05, 0.1) is 24.2 Å². The number of aromatic amines is 1. The van der Waals surface area contributed by atoms with Crippen LogP contribution in [-0.2, 0) is 4.74 Å². The van der Waals surface area contributed by atoms with Crippen molar-refractivity contribution in [3.8, 4) is 5.75 Å². The maximum Gasteiger partial charge on any atom is 0.178 e. The van der Waals surface area contributed by atoms with Gasteiger partial charge < -0.3 is 19.0 Å². The van der Waals surface area contributed by atoms with Crippen molar-refractivity contribution in [3.63, 3.8) is 0 Å². The molecule has 1 aliphatic rings. The molecule has 102 valence electrons. The molecule has 0 aliphatic heterocycles. The number of aromatic nitrogens is 2. The summed E-state index contributed by atoms with van der Waals surface area (Å²) in [6, 6.07) is 6.47. The van der Waals surface area contributed by atoms with Crippen molar-refractivity contribution in [2.24, 2.45) is 0 Å². The van der Waals surface area contributed by atoms with Crippen LogP contribution < -0.4 is 4.74 Å². The van der Waals surface area contributed by atoms with Gasteiger partial charge in [-0.15, -0.1) is 0 Å². The molecule has 0 spiro atoms. The summed E-state index contributed by atoms with van der Waals surface area (Å²) < 4.78 is 13.8. The first-order valence-electron chi connectivity index (χ1n) is 6.62. The molecule has 1 aliphatic carbocycles. The van der Waals surface area contributed by atoms with Gasteiger partial charge in [0.25, 0.3) is 0 Å². The number of fused-ring (bicyclic) bond motifs is 1. The van der Waals surface area contributed by atoms with E-state index >= 15 is 0 Å². The summed E-state index contributed by atoms with van der Waals surface area (Å²) in [5, 5.41) is 0. The zero-order valence-electron chi connectivity index (χ0n) is 11.2. The molecule has 1 saturated carbocycles. The van der Waals surface area contributed by atoms with Crippen molar-refractivity contribution in [2.75, 3.05) is 13.7 Å². The van der Waals surface area contributed by atoms with E-state index in [4.69, 9.17) is 21.7 Å². The summed E-state index contributed by atoms with van der Waals surface area (Å²) in [7, 11) is 1.67. The summed E-state index contributed by atoms with van der Waals surface area (Å²) in [6.07, 6.45) is 2.47. The number of methoxy groups -OCH3 is 1. The molecule has 19 heavy (non-hydrogen) atoms. The lowest BCUT2D eigenvalue weighted by atomic mass is 9.89. The van der Waals surface area contributed by atoms with Crippen LogP contribution in [0.15, 0.2) is 18.2 Å². The monoisotopic (exact) mass is 278 g/mol. The Morgan fingerprint density at radius 3 is 2.89 bits per heavy atom. The van der Waals surface area contributed by atoms with Gasteiger partial charge in [-0.05, 0) is 44.1 Å². The molecule has 1 heterocycles. The van der Waals surface area contributed by atoms with Gasteiger partial charge in [0, 0.05) is 18.7 Å². The van der Waals surface area contributed by atoms with E-state index in [1.54, 1.807) is 7.11 Å². The Hall–Kier alpha value is -1.33. The van der Waals surface area contributed by atoms with Gasteiger partial charge in [-0.25, -0.2) is 0 Å². The van der Waals surface area contributed by atoms with E-state index < -0.39 is 0 Å². The third-order valence-electron chi connectivity index (χ3n) is 3.76. The minimum Gasteiger partial charge on any atom is -0.497 e. The first-order chi connectivity index (χ1) is 9.22. The predicted octanol–water partition coefficient (Wildman–Crippen LogP) is 3.45. The van der Waals surface area contributed by atoms with Gasteiger partial charge in [0.15, 0.2) is 4.77 Å². The molecule has 0 atom stereocenters. The summed E-state index contributed by atoms with van der Waals surface area (Å²) in [6.45, 7) is 2.82. The molecule has 0 bridgehead atoms. The molecular formula is C14H18N2O2S. The van der Waals surface area contributed by atoms with E-state index in [0.29, 0.717) is 12.1 Å². The third-order valence-corrected chi connectivity index (χ3v) is 4.06. The number of hydrogen-bond acceptors (Lipinski definition) is 3. The van der Waals surface area contributed by atoms with Gasteiger partial charge in [0.1, 0.15) is 5.75 Å². The lowest BCUT2D eigenvalue weighted by Crippen LogP contribution is -2.33. The molecule has 1 aromatic heterocycles. The molecule has 1 aromatic carbocycles. The van der Waals surface area contributed by atoms with Crippen molar-refractivity contribution < 1.29 is 9.47 Å². The van der Waals surface area contributed by atoms with Crippen molar-refractivity contribution in [1.82, 2.24) is 9.55 Å². The quantitative estimate of drug-likeness (QED) is 0.871. The van der Waals surface area contributed by atoms with Crippen molar-refractivity contribution >= 4 is 23.3 Å². The molecule has 0 amide bonds. The summed E-state index contributed by atoms with van der Waals surface area (Å²) in [4.78, 5) is 3.25. The fraction of sp³-hybridized carbons (Fsp3) is 0.500. The Morgan fingerprint density at radius 2 is 2.21 bits per heavy atom. The number of rotatable bonds is 4. The first kappa shape index (κ1) is 12.7. The number of benzene rings is 1. The van der Waals surface area contributed by atoms with E-state index in [1.807, 2.05) is 19.1 Å². The topological polar surface area (TPSA) is 39.2 Å². The summed E-state index contributed by atoms with van der Waals surface area (Å²) in [5.41, 5.74) is 2.18. The number of nitrogens with zero attached hydrogens (tertiary/aromatic N) is 1. The Morgan fingerprint density at radius 1 is 1.42 bits per heavy atom. The fourth-order valence-corrected chi connectivity index (χ4v) is 3.08. The van der Waals surface area contributed by atoms with Gasteiger partial charge in [0.2, 0.25) is 0 Å². The summed E-state index contributed by atoms with van der Waals surface area (Å²) in [5.74, 6) is 0.844. The molecule has 4 nitrogen and oxygen atoms in total. The Labute approximate surface area is 117 Å². The maximum absolute atomic E-state index is 5.62. The van der Waals surface area contributed by atoms with Crippen LogP contribution in [0.25, 0.3) is 11.0 Å². The number of H-pyrrole nitrogens is 1.